The standard InChI is InChI=1S/C13H19N3O2S/c1-10(9-14)12(17)15-4-6-16(7-5-15)13(18)11-3-2-8-19-11/h2-3,8,10H,4-7,9,14H2,1H3. The molecule has 19 heavy (non-hydrogen) atoms. The Hall–Kier alpha value is -1.40. The van der Waals surface area contributed by atoms with Crippen LogP contribution in [-0.2, 0) is 4.79 Å². The number of amides is 2. The van der Waals surface area contributed by atoms with E-state index in [9.17, 15) is 9.59 Å². The van der Waals surface area contributed by atoms with Gasteiger partial charge in [-0.3, -0.25) is 9.59 Å². The van der Waals surface area contributed by atoms with Crippen LogP contribution in [0.15, 0.2) is 17.5 Å². The van der Waals surface area contributed by atoms with E-state index in [-0.39, 0.29) is 17.7 Å². The van der Waals surface area contributed by atoms with Crippen LogP contribution < -0.4 is 5.73 Å². The number of carbonyl (C=O) groups is 2. The van der Waals surface area contributed by atoms with Crippen molar-refractivity contribution in [3.05, 3.63) is 22.4 Å². The maximum atomic E-state index is 12.1. The molecule has 1 aliphatic rings. The summed E-state index contributed by atoms with van der Waals surface area (Å²) < 4.78 is 0. The predicted octanol–water partition coefficient (Wildman–Crippen LogP) is 0.627. The molecule has 2 rings (SSSR count). The number of hydrogen-bond donors (Lipinski definition) is 1. The quantitative estimate of drug-likeness (QED) is 0.883. The van der Waals surface area contributed by atoms with Gasteiger partial charge >= 0.3 is 0 Å². The molecule has 0 aromatic carbocycles. The van der Waals surface area contributed by atoms with E-state index in [4.69, 9.17) is 5.73 Å². The van der Waals surface area contributed by atoms with Crippen LogP contribution in [0.2, 0.25) is 0 Å². The van der Waals surface area contributed by atoms with Crippen LogP contribution in [-0.4, -0.2) is 54.3 Å². The highest BCUT2D eigenvalue weighted by molar-refractivity contribution is 7.12. The summed E-state index contributed by atoms with van der Waals surface area (Å²) >= 11 is 1.45. The molecular weight excluding hydrogens is 262 g/mol. The molecule has 104 valence electrons. The molecule has 1 saturated heterocycles. The topological polar surface area (TPSA) is 66.6 Å². The third-order valence-corrected chi connectivity index (χ3v) is 4.24. The van der Waals surface area contributed by atoms with Crippen molar-refractivity contribution in [1.29, 1.82) is 0 Å². The first-order valence-electron chi connectivity index (χ1n) is 6.45. The van der Waals surface area contributed by atoms with Crippen LogP contribution in [0.25, 0.3) is 0 Å². The number of piperazine rings is 1. The lowest BCUT2D eigenvalue weighted by Crippen LogP contribution is -2.52. The second kappa shape index (κ2) is 6.16. The van der Waals surface area contributed by atoms with Crippen molar-refractivity contribution >= 4 is 23.2 Å². The molecule has 2 N–H and O–H groups in total. The Morgan fingerprint density at radius 1 is 1.32 bits per heavy atom. The van der Waals surface area contributed by atoms with Gasteiger partial charge in [-0.05, 0) is 11.4 Å². The lowest BCUT2D eigenvalue weighted by molar-refractivity contribution is -0.136. The predicted molar refractivity (Wildman–Crippen MR) is 75.0 cm³/mol. The van der Waals surface area contributed by atoms with Gasteiger partial charge in [-0.2, -0.15) is 0 Å². The summed E-state index contributed by atoms with van der Waals surface area (Å²) in [5.41, 5.74) is 5.51. The van der Waals surface area contributed by atoms with Gasteiger partial charge in [-0.25, -0.2) is 0 Å². The van der Waals surface area contributed by atoms with Crippen molar-refractivity contribution < 1.29 is 9.59 Å². The van der Waals surface area contributed by atoms with E-state index in [2.05, 4.69) is 0 Å². The normalized spacial score (nSPS) is 17.4. The molecule has 1 aromatic rings. The van der Waals surface area contributed by atoms with Gasteiger partial charge in [0.15, 0.2) is 0 Å². The van der Waals surface area contributed by atoms with E-state index in [1.807, 2.05) is 29.3 Å². The lowest BCUT2D eigenvalue weighted by Gasteiger charge is -2.35. The van der Waals surface area contributed by atoms with Gasteiger partial charge in [-0.1, -0.05) is 13.0 Å². The van der Waals surface area contributed by atoms with Crippen LogP contribution >= 0.6 is 11.3 Å². The molecule has 1 aromatic heterocycles. The number of nitrogens with zero attached hydrogens (tertiary/aromatic N) is 2. The largest absolute Gasteiger partial charge is 0.339 e. The second-order valence-corrected chi connectivity index (χ2v) is 5.68. The van der Waals surface area contributed by atoms with Crippen LogP contribution in [0.4, 0.5) is 0 Å². The fraction of sp³-hybridized carbons (Fsp3) is 0.538. The number of hydrogen-bond acceptors (Lipinski definition) is 4. The van der Waals surface area contributed by atoms with Gasteiger partial charge in [0, 0.05) is 38.6 Å². The first kappa shape index (κ1) is 14.0. The fourth-order valence-electron chi connectivity index (χ4n) is 2.10. The Morgan fingerprint density at radius 2 is 1.95 bits per heavy atom. The number of carbonyl (C=O) groups excluding carboxylic acids is 2. The average Bonchev–Trinajstić information content (AvgIpc) is 2.99. The number of rotatable bonds is 3. The van der Waals surface area contributed by atoms with E-state index >= 15 is 0 Å². The Morgan fingerprint density at radius 3 is 2.47 bits per heavy atom. The summed E-state index contributed by atoms with van der Waals surface area (Å²) in [4.78, 5) is 28.5. The van der Waals surface area contributed by atoms with Crippen molar-refractivity contribution in [3.8, 4) is 0 Å². The molecule has 0 bridgehead atoms. The minimum absolute atomic E-state index is 0.0639. The molecule has 2 amide bonds. The van der Waals surface area contributed by atoms with Crippen molar-refractivity contribution in [2.24, 2.45) is 11.7 Å². The molecule has 1 aliphatic heterocycles. The number of nitrogens with two attached hydrogens (primary N) is 1. The van der Waals surface area contributed by atoms with Crippen molar-refractivity contribution in [2.75, 3.05) is 32.7 Å². The highest BCUT2D eigenvalue weighted by Gasteiger charge is 2.26. The van der Waals surface area contributed by atoms with Gasteiger partial charge in [-0.15, -0.1) is 11.3 Å². The minimum Gasteiger partial charge on any atom is -0.339 e. The zero-order valence-corrected chi connectivity index (χ0v) is 11.9. The highest BCUT2D eigenvalue weighted by Crippen LogP contribution is 2.14. The van der Waals surface area contributed by atoms with Gasteiger partial charge in [0.2, 0.25) is 5.91 Å². The van der Waals surface area contributed by atoms with Crippen LogP contribution in [0.1, 0.15) is 16.6 Å². The van der Waals surface area contributed by atoms with Gasteiger partial charge in [0.1, 0.15) is 0 Å². The van der Waals surface area contributed by atoms with Crippen LogP contribution in [0.5, 0.6) is 0 Å². The molecular formula is C13H19N3O2S. The van der Waals surface area contributed by atoms with E-state index in [0.29, 0.717) is 32.7 Å². The zero-order chi connectivity index (χ0) is 13.8. The van der Waals surface area contributed by atoms with E-state index < -0.39 is 0 Å². The number of thiophene rings is 1. The molecule has 0 saturated carbocycles. The third kappa shape index (κ3) is 3.13. The first-order valence-corrected chi connectivity index (χ1v) is 7.33. The van der Waals surface area contributed by atoms with E-state index in [1.54, 1.807) is 4.90 Å². The molecule has 2 heterocycles. The minimum atomic E-state index is -0.139. The molecule has 1 fully saturated rings. The lowest BCUT2D eigenvalue weighted by atomic mass is 10.1. The maximum absolute atomic E-state index is 12.1. The van der Waals surface area contributed by atoms with Crippen molar-refractivity contribution in [3.63, 3.8) is 0 Å². The smallest absolute Gasteiger partial charge is 0.264 e. The van der Waals surface area contributed by atoms with Crippen molar-refractivity contribution in [1.82, 2.24) is 9.80 Å². The molecule has 1 atom stereocenters. The average molecular weight is 281 g/mol. The molecule has 5 nitrogen and oxygen atoms in total. The van der Waals surface area contributed by atoms with Gasteiger partial charge < -0.3 is 15.5 Å². The Kier molecular flexibility index (Phi) is 4.55. The summed E-state index contributed by atoms with van der Waals surface area (Å²) in [6, 6.07) is 3.71. The monoisotopic (exact) mass is 281 g/mol. The van der Waals surface area contributed by atoms with Gasteiger partial charge in [0.25, 0.3) is 5.91 Å². The van der Waals surface area contributed by atoms with Gasteiger partial charge in [0.05, 0.1) is 4.88 Å². The summed E-state index contributed by atoms with van der Waals surface area (Å²) in [5, 5.41) is 1.90. The zero-order valence-electron chi connectivity index (χ0n) is 11.0. The molecule has 6 heteroatoms. The molecule has 0 aliphatic carbocycles. The Balaban J connectivity index is 1.89. The van der Waals surface area contributed by atoms with E-state index in [1.165, 1.54) is 11.3 Å². The van der Waals surface area contributed by atoms with Crippen LogP contribution in [0.3, 0.4) is 0 Å². The second-order valence-electron chi connectivity index (χ2n) is 4.73. The molecule has 1 unspecified atom stereocenters. The van der Waals surface area contributed by atoms with Crippen LogP contribution in [0, 0.1) is 5.92 Å². The fourth-order valence-corrected chi connectivity index (χ4v) is 2.79. The molecule has 0 radical (unpaired) electrons. The Labute approximate surface area is 117 Å². The first-order chi connectivity index (χ1) is 9.13. The summed E-state index contributed by atoms with van der Waals surface area (Å²) in [6.07, 6.45) is 0. The third-order valence-electron chi connectivity index (χ3n) is 3.39. The summed E-state index contributed by atoms with van der Waals surface area (Å²) in [6.45, 7) is 4.60. The van der Waals surface area contributed by atoms with E-state index in [0.717, 1.165) is 4.88 Å². The molecule has 0 spiro atoms. The summed E-state index contributed by atoms with van der Waals surface area (Å²) in [7, 11) is 0. The maximum Gasteiger partial charge on any atom is 0.264 e. The Bertz CT molecular complexity index is 439. The summed E-state index contributed by atoms with van der Waals surface area (Å²) in [5.74, 6) is 0.0132. The highest BCUT2D eigenvalue weighted by atomic mass is 32.1. The SMILES string of the molecule is CC(CN)C(=O)N1CCN(C(=O)c2cccs2)CC1. The van der Waals surface area contributed by atoms with Crippen molar-refractivity contribution in [2.45, 2.75) is 6.92 Å².